The van der Waals surface area contributed by atoms with Gasteiger partial charge >= 0.3 is 0 Å². The highest BCUT2D eigenvalue weighted by Crippen LogP contribution is 2.45. The number of nitrogens with zero attached hydrogens (tertiary/aromatic N) is 1. The van der Waals surface area contributed by atoms with E-state index in [-0.39, 0.29) is 6.04 Å². The number of rotatable bonds is 6. The van der Waals surface area contributed by atoms with Crippen LogP contribution in [0.3, 0.4) is 0 Å². The first-order valence-electron chi connectivity index (χ1n) is 8.11. The number of anilines is 1. The van der Waals surface area contributed by atoms with Gasteiger partial charge in [0.05, 0.1) is 16.6 Å². The van der Waals surface area contributed by atoms with Gasteiger partial charge in [-0.2, -0.15) is 0 Å². The lowest BCUT2D eigenvalue weighted by molar-refractivity contribution is 0.144. The van der Waals surface area contributed by atoms with Gasteiger partial charge in [0.1, 0.15) is 0 Å². The van der Waals surface area contributed by atoms with E-state index in [1.165, 1.54) is 26.6 Å². The number of ether oxygens (including phenoxy) is 1. The number of benzene rings is 1. The second-order valence-electron chi connectivity index (χ2n) is 5.74. The predicted octanol–water partition coefficient (Wildman–Crippen LogP) is 4.62. The van der Waals surface area contributed by atoms with Crippen LogP contribution in [-0.2, 0) is 4.74 Å². The third kappa shape index (κ3) is 3.74. The Bertz CT molecular complexity index is 656. The molecule has 1 aliphatic heterocycles. The lowest BCUT2D eigenvalue weighted by Crippen LogP contribution is -2.24. The lowest BCUT2D eigenvalue weighted by Gasteiger charge is -2.19. The molecule has 0 aliphatic carbocycles. The van der Waals surface area contributed by atoms with Gasteiger partial charge in [-0.15, -0.1) is 11.3 Å². The van der Waals surface area contributed by atoms with E-state index < -0.39 is 0 Å². The Balaban J connectivity index is 1.86. The molecule has 1 N–H and O–H groups in total. The molecule has 0 saturated carbocycles. The highest BCUT2D eigenvalue weighted by Gasteiger charge is 2.27. The standard InChI is InChI=1S/C18H24N2OS2/c1-4-21-10-5-9-19-17-14-7-6-13(2)12-16(14)23-20(3)15-8-11-22-18(15)17/h6-8,11-12,17,19H,4-5,9-10H2,1-3H3. The number of nitrogens with one attached hydrogen (secondary N) is 1. The molecule has 1 unspecified atom stereocenters. The zero-order chi connectivity index (χ0) is 16.2. The topological polar surface area (TPSA) is 24.5 Å². The summed E-state index contributed by atoms with van der Waals surface area (Å²) in [5.41, 5.74) is 4.01. The number of hydrogen-bond donors (Lipinski definition) is 1. The minimum atomic E-state index is 0.264. The van der Waals surface area contributed by atoms with E-state index in [1.54, 1.807) is 0 Å². The van der Waals surface area contributed by atoms with Gasteiger partial charge in [-0.1, -0.05) is 12.1 Å². The van der Waals surface area contributed by atoms with Gasteiger partial charge in [-0.3, -0.25) is 0 Å². The molecule has 23 heavy (non-hydrogen) atoms. The van der Waals surface area contributed by atoms with Crippen molar-refractivity contribution in [1.29, 1.82) is 0 Å². The fourth-order valence-corrected chi connectivity index (χ4v) is 5.01. The van der Waals surface area contributed by atoms with Crippen molar-refractivity contribution in [3.63, 3.8) is 0 Å². The molecule has 1 atom stereocenters. The van der Waals surface area contributed by atoms with Gasteiger partial charge in [0.15, 0.2) is 0 Å². The van der Waals surface area contributed by atoms with Crippen molar-refractivity contribution in [2.24, 2.45) is 0 Å². The van der Waals surface area contributed by atoms with Crippen molar-refractivity contribution in [2.75, 3.05) is 31.1 Å². The van der Waals surface area contributed by atoms with E-state index in [4.69, 9.17) is 4.74 Å². The third-order valence-electron chi connectivity index (χ3n) is 4.01. The highest BCUT2D eigenvalue weighted by molar-refractivity contribution is 8.00. The maximum atomic E-state index is 5.45. The normalized spacial score (nSPS) is 16.8. The van der Waals surface area contributed by atoms with Gasteiger partial charge < -0.3 is 14.4 Å². The zero-order valence-electron chi connectivity index (χ0n) is 14.0. The highest BCUT2D eigenvalue weighted by atomic mass is 32.2. The van der Waals surface area contributed by atoms with Crippen LogP contribution in [0.2, 0.25) is 0 Å². The van der Waals surface area contributed by atoms with Crippen molar-refractivity contribution in [3.05, 3.63) is 45.6 Å². The first-order chi connectivity index (χ1) is 11.2. The van der Waals surface area contributed by atoms with Crippen LogP contribution in [0.15, 0.2) is 34.5 Å². The molecule has 5 heteroatoms. The van der Waals surface area contributed by atoms with E-state index in [0.29, 0.717) is 0 Å². The van der Waals surface area contributed by atoms with Crippen molar-refractivity contribution in [1.82, 2.24) is 5.32 Å². The van der Waals surface area contributed by atoms with E-state index in [1.807, 2.05) is 30.2 Å². The Labute approximate surface area is 147 Å². The summed E-state index contributed by atoms with van der Waals surface area (Å²) in [5, 5.41) is 5.94. The molecule has 0 saturated heterocycles. The van der Waals surface area contributed by atoms with E-state index >= 15 is 0 Å². The Morgan fingerprint density at radius 3 is 3.00 bits per heavy atom. The van der Waals surface area contributed by atoms with Crippen LogP contribution in [0, 0.1) is 6.92 Å². The Hall–Kier alpha value is -1.01. The van der Waals surface area contributed by atoms with Crippen LogP contribution in [-0.4, -0.2) is 26.8 Å². The van der Waals surface area contributed by atoms with Crippen molar-refractivity contribution in [3.8, 4) is 0 Å². The smallest absolute Gasteiger partial charge is 0.0703 e. The molecule has 1 aromatic heterocycles. The fourth-order valence-electron chi connectivity index (χ4n) is 2.86. The molecule has 0 amide bonds. The van der Waals surface area contributed by atoms with Gasteiger partial charge in [0.2, 0.25) is 0 Å². The van der Waals surface area contributed by atoms with Crippen LogP contribution < -0.4 is 9.62 Å². The predicted molar refractivity (Wildman–Crippen MR) is 101 cm³/mol. The van der Waals surface area contributed by atoms with Crippen LogP contribution in [0.4, 0.5) is 5.69 Å². The maximum absolute atomic E-state index is 5.45. The molecule has 0 radical (unpaired) electrons. The quantitative estimate of drug-likeness (QED) is 0.608. The SMILES string of the molecule is CCOCCCNC1c2ccc(C)cc2SN(C)c2ccsc21. The van der Waals surface area contributed by atoms with Gasteiger partial charge in [-0.05, 0) is 67.4 Å². The summed E-state index contributed by atoms with van der Waals surface area (Å²) in [6.45, 7) is 6.78. The molecular formula is C18H24N2OS2. The monoisotopic (exact) mass is 348 g/mol. The Morgan fingerprint density at radius 2 is 2.17 bits per heavy atom. The van der Waals surface area contributed by atoms with Gasteiger partial charge in [0, 0.05) is 25.2 Å². The first kappa shape index (κ1) is 16.8. The molecule has 3 rings (SSSR count). The summed E-state index contributed by atoms with van der Waals surface area (Å²) < 4.78 is 7.74. The number of thiophene rings is 1. The Kier molecular flexibility index (Phi) is 5.64. The molecule has 1 aromatic carbocycles. The van der Waals surface area contributed by atoms with E-state index in [0.717, 1.165) is 26.2 Å². The molecular weight excluding hydrogens is 324 g/mol. The zero-order valence-corrected chi connectivity index (χ0v) is 15.6. The van der Waals surface area contributed by atoms with Crippen LogP contribution in [0.5, 0.6) is 0 Å². The van der Waals surface area contributed by atoms with Crippen LogP contribution >= 0.6 is 23.3 Å². The summed E-state index contributed by atoms with van der Waals surface area (Å²) >= 11 is 3.66. The second kappa shape index (κ2) is 7.71. The molecule has 0 bridgehead atoms. The largest absolute Gasteiger partial charge is 0.382 e. The Morgan fingerprint density at radius 1 is 1.30 bits per heavy atom. The summed E-state index contributed by atoms with van der Waals surface area (Å²) in [7, 11) is 2.15. The summed E-state index contributed by atoms with van der Waals surface area (Å²) in [5.74, 6) is 0. The van der Waals surface area contributed by atoms with Crippen molar-refractivity contribution >= 4 is 29.0 Å². The average molecular weight is 349 g/mol. The fraction of sp³-hybridized carbons (Fsp3) is 0.444. The first-order valence-corrected chi connectivity index (χ1v) is 9.76. The van der Waals surface area contributed by atoms with Crippen molar-refractivity contribution < 1.29 is 4.74 Å². The minimum absolute atomic E-state index is 0.264. The van der Waals surface area contributed by atoms with E-state index in [2.05, 4.69) is 53.2 Å². The molecule has 124 valence electrons. The molecule has 0 fully saturated rings. The maximum Gasteiger partial charge on any atom is 0.0703 e. The second-order valence-corrected chi connectivity index (χ2v) is 7.86. The summed E-state index contributed by atoms with van der Waals surface area (Å²) in [6.07, 6.45) is 1.04. The number of hydrogen-bond acceptors (Lipinski definition) is 5. The molecule has 3 nitrogen and oxygen atoms in total. The molecule has 2 heterocycles. The molecule has 2 aromatic rings. The summed E-state index contributed by atoms with van der Waals surface area (Å²) in [4.78, 5) is 2.75. The molecule has 0 spiro atoms. The number of fused-ring (bicyclic) bond motifs is 2. The van der Waals surface area contributed by atoms with Crippen LogP contribution in [0.1, 0.15) is 35.4 Å². The van der Waals surface area contributed by atoms with E-state index in [9.17, 15) is 0 Å². The van der Waals surface area contributed by atoms with Gasteiger partial charge in [-0.25, -0.2) is 0 Å². The minimum Gasteiger partial charge on any atom is -0.382 e. The third-order valence-corrected chi connectivity index (χ3v) is 6.00. The summed E-state index contributed by atoms with van der Waals surface area (Å²) in [6, 6.07) is 9.27. The van der Waals surface area contributed by atoms with Gasteiger partial charge in [0.25, 0.3) is 0 Å². The molecule has 1 aliphatic rings. The van der Waals surface area contributed by atoms with Crippen molar-refractivity contribution in [2.45, 2.75) is 31.2 Å². The van der Waals surface area contributed by atoms with Crippen LogP contribution in [0.25, 0.3) is 0 Å². The average Bonchev–Trinajstić information content (AvgIpc) is 2.98. The number of aryl methyl sites for hydroxylation is 1. The lowest BCUT2D eigenvalue weighted by atomic mass is 10.0.